The fourth-order valence-electron chi connectivity index (χ4n) is 1.81. The van der Waals surface area contributed by atoms with Gasteiger partial charge in [-0.05, 0) is 24.7 Å². The summed E-state index contributed by atoms with van der Waals surface area (Å²) in [6.07, 6.45) is 4.63. The zero-order valence-electron chi connectivity index (χ0n) is 10.1. The topological polar surface area (TPSA) is 59.1 Å². The molecule has 0 radical (unpaired) electrons. The van der Waals surface area contributed by atoms with E-state index in [4.69, 9.17) is 23.2 Å². The molecule has 0 aliphatic carbocycles. The van der Waals surface area contributed by atoms with Crippen molar-refractivity contribution >= 4 is 45.0 Å². The first-order chi connectivity index (χ1) is 8.99. The molecule has 2 heterocycles. The van der Waals surface area contributed by atoms with Gasteiger partial charge in [0.05, 0.1) is 5.02 Å². The Kier molecular flexibility index (Phi) is 5.37. The Bertz CT molecular complexity index is 546. The molecule has 1 aliphatic heterocycles. The number of hydrogen-bond acceptors (Lipinski definition) is 4. The first-order valence-electron chi connectivity index (χ1n) is 5.91. The molecule has 1 saturated heterocycles. The molecule has 1 aromatic rings. The molecule has 0 aromatic carbocycles. The van der Waals surface area contributed by atoms with E-state index < -0.39 is 10.0 Å². The number of aromatic nitrogens is 1. The third-order valence-corrected chi connectivity index (χ3v) is 6.33. The fraction of sp³-hybridized carbons (Fsp3) is 0.545. The highest BCUT2D eigenvalue weighted by Crippen LogP contribution is 2.25. The van der Waals surface area contributed by atoms with E-state index in [-0.39, 0.29) is 15.1 Å². The van der Waals surface area contributed by atoms with Gasteiger partial charge in [0.15, 0.2) is 0 Å². The second-order valence-electron chi connectivity index (χ2n) is 4.28. The maximum Gasteiger partial charge on any atom is 0.242 e. The average Bonchev–Trinajstić information content (AvgIpc) is 2.41. The summed E-state index contributed by atoms with van der Waals surface area (Å²) in [6.45, 7) is 0.438. The van der Waals surface area contributed by atoms with Gasteiger partial charge in [0.1, 0.15) is 10.0 Å². The minimum atomic E-state index is -3.57. The molecule has 19 heavy (non-hydrogen) atoms. The molecule has 1 N–H and O–H groups in total. The molecular weight excluding hydrogens is 327 g/mol. The van der Waals surface area contributed by atoms with Gasteiger partial charge < -0.3 is 0 Å². The van der Waals surface area contributed by atoms with E-state index >= 15 is 0 Å². The van der Waals surface area contributed by atoms with Crippen LogP contribution in [-0.2, 0) is 10.0 Å². The smallest absolute Gasteiger partial charge is 0.242 e. The zero-order valence-corrected chi connectivity index (χ0v) is 13.2. The minimum absolute atomic E-state index is 0.0442. The quantitative estimate of drug-likeness (QED) is 0.856. The normalized spacial score (nSPS) is 20.4. The predicted molar refractivity (Wildman–Crippen MR) is 79.5 cm³/mol. The van der Waals surface area contributed by atoms with Gasteiger partial charge >= 0.3 is 0 Å². The maximum absolute atomic E-state index is 12.1. The summed E-state index contributed by atoms with van der Waals surface area (Å²) in [6, 6.07) is 1.31. The molecule has 2 rings (SSSR count). The Hall–Kier alpha value is -0.0100. The molecular formula is C11H14Cl2N2O2S2. The maximum atomic E-state index is 12.1. The second kappa shape index (κ2) is 6.63. The van der Waals surface area contributed by atoms with E-state index in [9.17, 15) is 8.42 Å². The zero-order chi connectivity index (χ0) is 13.9. The van der Waals surface area contributed by atoms with Crippen molar-refractivity contribution in [1.29, 1.82) is 0 Å². The molecule has 1 unspecified atom stereocenters. The van der Waals surface area contributed by atoms with Crippen LogP contribution < -0.4 is 4.72 Å². The van der Waals surface area contributed by atoms with E-state index in [0.29, 0.717) is 11.8 Å². The van der Waals surface area contributed by atoms with E-state index in [1.807, 2.05) is 11.8 Å². The summed E-state index contributed by atoms with van der Waals surface area (Å²) in [5.41, 5.74) is 0. The van der Waals surface area contributed by atoms with Gasteiger partial charge in [0.25, 0.3) is 0 Å². The SMILES string of the molecule is O=S(=O)(NCC1CCCCS1)c1cnc(Cl)c(Cl)c1. The van der Waals surface area contributed by atoms with Crippen LogP contribution in [0.2, 0.25) is 10.2 Å². The van der Waals surface area contributed by atoms with Crippen LogP contribution in [0.4, 0.5) is 0 Å². The second-order valence-corrected chi connectivity index (χ2v) is 8.22. The van der Waals surface area contributed by atoms with E-state index in [1.54, 1.807) is 0 Å². The van der Waals surface area contributed by atoms with Crippen LogP contribution in [0.25, 0.3) is 0 Å². The van der Waals surface area contributed by atoms with Crippen LogP contribution in [0.1, 0.15) is 19.3 Å². The molecule has 0 spiro atoms. The van der Waals surface area contributed by atoms with Crippen LogP contribution >= 0.6 is 35.0 Å². The lowest BCUT2D eigenvalue weighted by molar-refractivity contribution is 0.573. The van der Waals surface area contributed by atoms with Gasteiger partial charge in [-0.25, -0.2) is 18.1 Å². The van der Waals surface area contributed by atoms with Crippen molar-refractivity contribution in [2.45, 2.75) is 29.4 Å². The summed E-state index contributed by atoms with van der Waals surface area (Å²) >= 11 is 13.3. The van der Waals surface area contributed by atoms with Gasteiger partial charge in [-0.2, -0.15) is 11.8 Å². The van der Waals surface area contributed by atoms with E-state index in [2.05, 4.69) is 9.71 Å². The molecule has 106 valence electrons. The summed E-state index contributed by atoms with van der Waals surface area (Å²) in [7, 11) is -3.57. The summed E-state index contributed by atoms with van der Waals surface area (Å²) in [5.74, 6) is 1.10. The highest BCUT2D eigenvalue weighted by Gasteiger charge is 2.20. The lowest BCUT2D eigenvalue weighted by Gasteiger charge is -2.21. The van der Waals surface area contributed by atoms with Crippen LogP contribution in [0.5, 0.6) is 0 Å². The Morgan fingerprint density at radius 3 is 2.84 bits per heavy atom. The van der Waals surface area contributed by atoms with Crippen molar-refractivity contribution in [3.8, 4) is 0 Å². The van der Waals surface area contributed by atoms with E-state index in [1.165, 1.54) is 18.7 Å². The Labute approximate surface area is 127 Å². The number of hydrogen-bond donors (Lipinski definition) is 1. The number of nitrogens with one attached hydrogen (secondary N) is 1. The molecule has 4 nitrogen and oxygen atoms in total. The lowest BCUT2D eigenvalue weighted by atomic mass is 10.2. The largest absolute Gasteiger partial charge is 0.242 e. The first-order valence-corrected chi connectivity index (χ1v) is 9.20. The van der Waals surface area contributed by atoms with Gasteiger partial charge in [0.2, 0.25) is 10.0 Å². The molecule has 8 heteroatoms. The van der Waals surface area contributed by atoms with Gasteiger partial charge in [0, 0.05) is 18.0 Å². The van der Waals surface area contributed by atoms with Gasteiger partial charge in [-0.3, -0.25) is 0 Å². The number of halogens is 2. The van der Waals surface area contributed by atoms with Crippen LogP contribution in [-0.4, -0.2) is 30.9 Å². The Morgan fingerprint density at radius 1 is 1.42 bits per heavy atom. The molecule has 1 aromatic heterocycles. The van der Waals surface area contributed by atoms with Gasteiger partial charge in [-0.1, -0.05) is 29.6 Å². The van der Waals surface area contributed by atoms with Crippen molar-refractivity contribution in [3.05, 3.63) is 22.4 Å². The molecule has 0 bridgehead atoms. The van der Waals surface area contributed by atoms with Crippen molar-refractivity contribution in [1.82, 2.24) is 9.71 Å². The molecule has 1 fully saturated rings. The number of thioether (sulfide) groups is 1. The number of rotatable bonds is 4. The van der Waals surface area contributed by atoms with Gasteiger partial charge in [-0.15, -0.1) is 0 Å². The number of pyridine rings is 1. The lowest BCUT2D eigenvalue weighted by Crippen LogP contribution is -2.32. The first kappa shape index (κ1) is 15.4. The number of nitrogens with zero attached hydrogens (tertiary/aromatic N) is 1. The van der Waals surface area contributed by atoms with Crippen molar-refractivity contribution < 1.29 is 8.42 Å². The van der Waals surface area contributed by atoms with Crippen LogP contribution in [0, 0.1) is 0 Å². The minimum Gasteiger partial charge on any atom is -0.242 e. The standard InChI is InChI=1S/C11H14Cl2N2O2S2/c12-10-5-9(7-14-11(10)13)19(16,17)15-6-8-3-1-2-4-18-8/h5,7-8,15H,1-4,6H2. The molecule has 0 saturated carbocycles. The highest BCUT2D eigenvalue weighted by molar-refractivity contribution is 8.00. The monoisotopic (exact) mass is 340 g/mol. The molecule has 1 aliphatic rings. The predicted octanol–water partition coefficient (Wildman–Crippen LogP) is 2.95. The number of sulfonamides is 1. The summed E-state index contributed by atoms with van der Waals surface area (Å²) < 4.78 is 26.8. The van der Waals surface area contributed by atoms with Crippen molar-refractivity contribution in [3.63, 3.8) is 0 Å². The fourth-order valence-corrected chi connectivity index (χ4v) is 4.54. The highest BCUT2D eigenvalue weighted by atomic mass is 35.5. The summed E-state index contributed by atoms with van der Waals surface area (Å²) in [4.78, 5) is 3.79. The summed E-state index contributed by atoms with van der Waals surface area (Å²) in [5, 5.41) is 0.583. The Balaban J connectivity index is 2.02. The Morgan fingerprint density at radius 2 is 2.21 bits per heavy atom. The average molecular weight is 341 g/mol. The third-order valence-electron chi connectivity index (χ3n) is 2.86. The van der Waals surface area contributed by atoms with Crippen molar-refractivity contribution in [2.24, 2.45) is 0 Å². The van der Waals surface area contributed by atoms with Crippen LogP contribution in [0.15, 0.2) is 17.2 Å². The molecule has 1 atom stereocenters. The van der Waals surface area contributed by atoms with Crippen LogP contribution in [0.3, 0.4) is 0 Å². The third kappa shape index (κ3) is 4.23. The van der Waals surface area contributed by atoms with Crippen molar-refractivity contribution in [2.75, 3.05) is 12.3 Å². The van der Waals surface area contributed by atoms with E-state index in [0.717, 1.165) is 18.6 Å². The molecule has 0 amide bonds.